The van der Waals surface area contributed by atoms with E-state index in [-0.39, 0.29) is 0 Å². The standard InChI is InChI=1S/C18H24N6O/c1-3-10-23(11-4-1)12-5-2-8-20-18-22-21-17(25-18)15-6-7-16-19-9-13-24(16)14-15/h6-7,9,13-14H,1-5,8,10-12H2,(H,20,22). The monoisotopic (exact) mass is 340 g/mol. The first-order chi connectivity index (χ1) is 12.4. The lowest BCUT2D eigenvalue weighted by atomic mass is 10.1. The van der Waals surface area contributed by atoms with Gasteiger partial charge in [-0.2, -0.15) is 0 Å². The minimum atomic E-state index is 0.485. The molecule has 1 saturated heterocycles. The van der Waals surface area contributed by atoms with Crippen LogP contribution in [-0.2, 0) is 0 Å². The smallest absolute Gasteiger partial charge is 0.315 e. The second-order valence-electron chi connectivity index (χ2n) is 6.56. The lowest BCUT2D eigenvalue weighted by Crippen LogP contribution is -2.30. The summed E-state index contributed by atoms with van der Waals surface area (Å²) in [7, 11) is 0. The second kappa shape index (κ2) is 7.65. The summed E-state index contributed by atoms with van der Waals surface area (Å²) in [5.41, 5.74) is 1.78. The molecule has 0 atom stereocenters. The number of fused-ring (bicyclic) bond motifs is 1. The maximum atomic E-state index is 5.71. The predicted molar refractivity (Wildman–Crippen MR) is 96.5 cm³/mol. The van der Waals surface area contributed by atoms with Crippen LogP contribution in [0.4, 0.5) is 6.01 Å². The van der Waals surface area contributed by atoms with Gasteiger partial charge in [0.1, 0.15) is 5.65 Å². The van der Waals surface area contributed by atoms with Crippen LogP contribution in [0.25, 0.3) is 17.1 Å². The molecule has 7 nitrogen and oxygen atoms in total. The third-order valence-electron chi connectivity index (χ3n) is 4.69. The number of aromatic nitrogens is 4. The minimum absolute atomic E-state index is 0.485. The summed E-state index contributed by atoms with van der Waals surface area (Å²) in [5, 5.41) is 11.4. The van der Waals surface area contributed by atoms with E-state index in [9.17, 15) is 0 Å². The van der Waals surface area contributed by atoms with E-state index in [1.807, 2.05) is 28.9 Å². The maximum Gasteiger partial charge on any atom is 0.315 e. The molecule has 0 amide bonds. The van der Waals surface area contributed by atoms with Gasteiger partial charge in [-0.25, -0.2) is 4.98 Å². The van der Waals surface area contributed by atoms with Gasteiger partial charge in [0.05, 0.1) is 5.56 Å². The Bertz CT molecular complexity index is 805. The number of imidazole rings is 1. The Balaban J connectivity index is 1.25. The molecule has 1 N–H and O–H groups in total. The van der Waals surface area contributed by atoms with Crippen LogP contribution in [-0.4, -0.2) is 50.7 Å². The number of unbranched alkanes of at least 4 members (excludes halogenated alkanes) is 1. The van der Waals surface area contributed by atoms with E-state index in [2.05, 4.69) is 25.4 Å². The number of hydrogen-bond acceptors (Lipinski definition) is 6. The van der Waals surface area contributed by atoms with Crippen LogP contribution in [0.5, 0.6) is 0 Å². The molecule has 0 radical (unpaired) electrons. The quantitative estimate of drug-likeness (QED) is 0.667. The summed E-state index contributed by atoms with van der Waals surface area (Å²) in [6.07, 6.45) is 12.0. The maximum absolute atomic E-state index is 5.71. The summed E-state index contributed by atoms with van der Waals surface area (Å²) in [6, 6.07) is 4.37. The van der Waals surface area contributed by atoms with Crippen LogP contribution in [0.3, 0.4) is 0 Å². The highest BCUT2D eigenvalue weighted by Crippen LogP contribution is 2.20. The number of nitrogens with zero attached hydrogens (tertiary/aromatic N) is 5. The fourth-order valence-electron chi connectivity index (χ4n) is 3.30. The summed E-state index contributed by atoms with van der Waals surface area (Å²) in [6.45, 7) is 4.58. The van der Waals surface area contributed by atoms with Crippen LogP contribution in [0.1, 0.15) is 32.1 Å². The summed E-state index contributed by atoms with van der Waals surface area (Å²) in [4.78, 5) is 6.80. The van der Waals surface area contributed by atoms with Gasteiger partial charge in [0.2, 0.25) is 0 Å². The number of hydrogen-bond donors (Lipinski definition) is 1. The molecular formula is C18H24N6O. The number of likely N-dealkylation sites (tertiary alicyclic amines) is 1. The molecule has 4 rings (SSSR count). The first-order valence-corrected chi connectivity index (χ1v) is 9.11. The zero-order valence-electron chi connectivity index (χ0n) is 14.4. The van der Waals surface area contributed by atoms with Gasteiger partial charge in [0.15, 0.2) is 0 Å². The molecule has 0 aliphatic carbocycles. The predicted octanol–water partition coefficient (Wildman–Crippen LogP) is 3.06. The van der Waals surface area contributed by atoms with Gasteiger partial charge in [-0.3, -0.25) is 0 Å². The fourth-order valence-corrected chi connectivity index (χ4v) is 3.30. The normalized spacial score (nSPS) is 15.7. The van der Waals surface area contributed by atoms with Crippen molar-refractivity contribution >= 4 is 11.7 Å². The van der Waals surface area contributed by atoms with Crippen molar-refractivity contribution in [3.8, 4) is 11.5 Å². The highest BCUT2D eigenvalue weighted by Gasteiger charge is 2.10. The number of pyridine rings is 1. The highest BCUT2D eigenvalue weighted by atomic mass is 16.4. The first-order valence-electron chi connectivity index (χ1n) is 9.11. The molecule has 25 heavy (non-hydrogen) atoms. The first kappa shape index (κ1) is 16.1. The molecule has 3 aromatic heterocycles. The van der Waals surface area contributed by atoms with Crippen LogP contribution in [0.2, 0.25) is 0 Å². The van der Waals surface area contributed by atoms with Crippen molar-refractivity contribution in [3.63, 3.8) is 0 Å². The molecule has 1 aliphatic heterocycles. The van der Waals surface area contributed by atoms with E-state index in [0.29, 0.717) is 11.9 Å². The van der Waals surface area contributed by atoms with E-state index < -0.39 is 0 Å². The van der Waals surface area contributed by atoms with E-state index >= 15 is 0 Å². The van der Waals surface area contributed by atoms with Crippen molar-refractivity contribution in [2.75, 3.05) is 31.5 Å². The molecule has 7 heteroatoms. The summed E-state index contributed by atoms with van der Waals surface area (Å²) in [5.74, 6) is 0.520. The SMILES string of the molecule is c1cn2cc(-c3nnc(NCCCCN4CCCCC4)o3)ccc2n1. The van der Waals surface area contributed by atoms with Crippen molar-refractivity contribution in [2.24, 2.45) is 0 Å². The van der Waals surface area contributed by atoms with Gasteiger partial charge in [0, 0.05) is 25.1 Å². The Morgan fingerprint density at radius 1 is 1.08 bits per heavy atom. The molecule has 0 aromatic carbocycles. The average Bonchev–Trinajstić information content (AvgIpc) is 3.31. The van der Waals surface area contributed by atoms with Gasteiger partial charge < -0.3 is 19.0 Å². The molecule has 0 saturated carbocycles. The van der Waals surface area contributed by atoms with E-state index in [0.717, 1.165) is 24.2 Å². The topological polar surface area (TPSA) is 71.5 Å². The third kappa shape index (κ3) is 3.99. The van der Waals surface area contributed by atoms with Gasteiger partial charge in [0.25, 0.3) is 5.89 Å². The Morgan fingerprint density at radius 3 is 2.92 bits per heavy atom. The largest absolute Gasteiger partial charge is 0.403 e. The number of anilines is 1. The van der Waals surface area contributed by atoms with Crippen molar-refractivity contribution in [1.82, 2.24) is 24.5 Å². The highest BCUT2D eigenvalue weighted by molar-refractivity contribution is 5.56. The van der Waals surface area contributed by atoms with Crippen LogP contribution in [0.15, 0.2) is 35.1 Å². The Kier molecular flexibility index (Phi) is 4.92. The molecule has 0 spiro atoms. The van der Waals surface area contributed by atoms with Crippen molar-refractivity contribution in [2.45, 2.75) is 32.1 Å². The lowest BCUT2D eigenvalue weighted by molar-refractivity contribution is 0.225. The van der Waals surface area contributed by atoms with Gasteiger partial charge in [-0.05, 0) is 57.5 Å². The van der Waals surface area contributed by atoms with Gasteiger partial charge in [-0.15, -0.1) is 5.10 Å². The Morgan fingerprint density at radius 2 is 2.00 bits per heavy atom. The van der Waals surface area contributed by atoms with E-state index in [1.165, 1.54) is 45.3 Å². The molecule has 0 bridgehead atoms. The van der Waals surface area contributed by atoms with E-state index in [4.69, 9.17) is 4.42 Å². The molecule has 132 valence electrons. The molecule has 1 aliphatic rings. The number of piperidine rings is 1. The summed E-state index contributed by atoms with van der Waals surface area (Å²) >= 11 is 0. The Hall–Kier alpha value is -2.41. The molecule has 0 unspecified atom stereocenters. The number of rotatable bonds is 7. The van der Waals surface area contributed by atoms with Crippen LogP contribution in [0, 0.1) is 0 Å². The molecule has 4 heterocycles. The van der Waals surface area contributed by atoms with Gasteiger partial charge >= 0.3 is 6.01 Å². The van der Waals surface area contributed by atoms with Crippen LogP contribution >= 0.6 is 0 Å². The lowest BCUT2D eigenvalue weighted by Gasteiger charge is -2.26. The average molecular weight is 340 g/mol. The van der Waals surface area contributed by atoms with Crippen molar-refractivity contribution < 1.29 is 4.42 Å². The second-order valence-corrected chi connectivity index (χ2v) is 6.56. The summed E-state index contributed by atoms with van der Waals surface area (Å²) < 4.78 is 7.65. The zero-order chi connectivity index (χ0) is 16.9. The van der Waals surface area contributed by atoms with Crippen molar-refractivity contribution in [1.29, 1.82) is 0 Å². The van der Waals surface area contributed by atoms with Gasteiger partial charge in [-0.1, -0.05) is 11.5 Å². The minimum Gasteiger partial charge on any atom is -0.403 e. The Labute approximate surface area is 147 Å². The molecule has 3 aromatic rings. The zero-order valence-corrected chi connectivity index (χ0v) is 14.4. The fraction of sp³-hybridized carbons (Fsp3) is 0.500. The van der Waals surface area contributed by atoms with E-state index in [1.54, 1.807) is 6.20 Å². The van der Waals surface area contributed by atoms with Crippen molar-refractivity contribution in [3.05, 3.63) is 30.7 Å². The molecule has 1 fully saturated rings. The number of nitrogens with one attached hydrogen (secondary N) is 1. The third-order valence-corrected chi connectivity index (χ3v) is 4.69. The molecular weight excluding hydrogens is 316 g/mol. The van der Waals surface area contributed by atoms with Crippen LogP contribution < -0.4 is 5.32 Å².